The molecule has 0 fully saturated rings. The van der Waals surface area contributed by atoms with E-state index < -0.39 is 53.5 Å². The van der Waals surface area contributed by atoms with Gasteiger partial charge in [0, 0.05) is 23.5 Å². The fourth-order valence-electron chi connectivity index (χ4n) is 3.46. The van der Waals surface area contributed by atoms with Crippen molar-refractivity contribution in [3.8, 4) is 11.5 Å². The van der Waals surface area contributed by atoms with Crippen LogP contribution in [-0.4, -0.2) is 37.9 Å². The van der Waals surface area contributed by atoms with Gasteiger partial charge in [0.15, 0.2) is 0 Å². The van der Waals surface area contributed by atoms with Gasteiger partial charge in [-0.15, -0.1) is 0 Å². The number of benzene rings is 4. The molecule has 6 N–H and O–H groups in total. The number of nitrogen functional groups attached to an aromatic ring is 2. The number of para-hydroxylation sites is 1. The first kappa shape index (κ1) is 26.6. The van der Waals surface area contributed by atoms with Crippen LogP contribution in [0.4, 0.5) is 11.4 Å². The molecule has 38 heavy (non-hydrogen) atoms. The van der Waals surface area contributed by atoms with Gasteiger partial charge < -0.3 is 20.9 Å². The van der Waals surface area contributed by atoms with Crippen molar-refractivity contribution < 1.29 is 45.0 Å². The number of hydrogen-bond acceptors (Lipinski definition) is 10. The third-order valence-corrected chi connectivity index (χ3v) is 6.91. The summed E-state index contributed by atoms with van der Waals surface area (Å²) >= 11 is 0. The predicted octanol–water partition coefficient (Wildman–Crippen LogP) is 2.94. The largest absolute Gasteiger partial charge is 0.422 e. The van der Waals surface area contributed by atoms with E-state index in [0.717, 1.165) is 24.3 Å². The Labute approximate surface area is 215 Å². The maximum absolute atomic E-state index is 12.9. The minimum absolute atomic E-state index is 0.00905. The van der Waals surface area contributed by atoms with Gasteiger partial charge in [0.1, 0.15) is 11.5 Å². The average molecular weight is 559 g/mol. The van der Waals surface area contributed by atoms with Crippen molar-refractivity contribution in [2.24, 2.45) is 0 Å². The summed E-state index contributed by atoms with van der Waals surface area (Å²) in [5, 5.41) is -0.504. The number of fused-ring (bicyclic) bond motifs is 1. The van der Waals surface area contributed by atoms with Crippen LogP contribution in [0, 0.1) is 0 Å². The molecule has 196 valence electrons. The molecule has 0 bridgehead atoms. The lowest BCUT2D eigenvalue weighted by atomic mass is 10.1. The average Bonchev–Trinajstić information content (AvgIpc) is 2.83. The number of anilines is 2. The number of nitrogens with two attached hydrogens (primary N) is 2. The lowest BCUT2D eigenvalue weighted by Crippen LogP contribution is -2.13. The smallest absolute Gasteiger partial charge is 0.345 e. The maximum Gasteiger partial charge on any atom is 0.345 e. The Morgan fingerprint density at radius 1 is 0.684 bits per heavy atom. The van der Waals surface area contributed by atoms with Crippen molar-refractivity contribution in [3.05, 3.63) is 83.9 Å². The fraction of sp³-hybridized carbons (Fsp3) is 0. The van der Waals surface area contributed by atoms with Gasteiger partial charge in [-0.2, -0.15) is 16.8 Å². The maximum atomic E-state index is 12.9. The van der Waals surface area contributed by atoms with E-state index in [1.165, 1.54) is 42.5 Å². The van der Waals surface area contributed by atoms with Crippen molar-refractivity contribution in [1.82, 2.24) is 0 Å². The highest BCUT2D eigenvalue weighted by atomic mass is 32.2. The number of carbonyl (C=O) groups is 2. The molecule has 0 saturated carbocycles. The first-order valence-electron chi connectivity index (χ1n) is 10.5. The van der Waals surface area contributed by atoms with Crippen molar-refractivity contribution >= 4 is 54.3 Å². The molecule has 0 amide bonds. The zero-order valence-corrected chi connectivity index (χ0v) is 20.7. The van der Waals surface area contributed by atoms with Crippen LogP contribution >= 0.6 is 0 Å². The lowest BCUT2D eigenvalue weighted by molar-refractivity contribution is 0.0736. The van der Waals surface area contributed by atoms with Crippen LogP contribution in [0.3, 0.4) is 0 Å². The Hall–Kier alpha value is -4.50. The molecule has 4 rings (SSSR count). The predicted molar refractivity (Wildman–Crippen MR) is 135 cm³/mol. The number of carbonyl (C=O) groups excluding carboxylic acids is 2. The van der Waals surface area contributed by atoms with E-state index in [4.69, 9.17) is 20.9 Å². The molecule has 0 spiro atoms. The Morgan fingerprint density at radius 2 is 1.18 bits per heavy atom. The van der Waals surface area contributed by atoms with Gasteiger partial charge in [0.2, 0.25) is 0 Å². The second-order valence-electron chi connectivity index (χ2n) is 7.88. The molecular formula is C24H18N2O10S2. The van der Waals surface area contributed by atoms with Crippen LogP contribution in [0.2, 0.25) is 0 Å². The standard InChI is InChI=1S/C24H18N2O10S2/c25-15-7-5-13(6-8-15)23(27)35-20-11-16(37(29,30)31)9-14-10-17(38(32,33)34)12-21(22(14)20)36-24(28)18-3-1-2-4-19(18)26/h1-12H,25-26H2,(H,29,30,31)(H,32,33,34). The minimum Gasteiger partial charge on any atom is -0.422 e. The minimum atomic E-state index is -4.90. The molecular weight excluding hydrogens is 540 g/mol. The second-order valence-corrected chi connectivity index (χ2v) is 10.7. The monoisotopic (exact) mass is 558 g/mol. The molecule has 0 aliphatic carbocycles. The van der Waals surface area contributed by atoms with E-state index >= 15 is 0 Å². The van der Waals surface area contributed by atoms with E-state index in [-0.39, 0.29) is 27.6 Å². The van der Waals surface area contributed by atoms with Crippen LogP contribution < -0.4 is 20.9 Å². The van der Waals surface area contributed by atoms with Crippen LogP contribution in [0.5, 0.6) is 11.5 Å². The van der Waals surface area contributed by atoms with Gasteiger partial charge in [0.05, 0.1) is 26.3 Å². The van der Waals surface area contributed by atoms with Crippen molar-refractivity contribution in [2.45, 2.75) is 9.79 Å². The number of ether oxygens (including phenoxy) is 2. The van der Waals surface area contributed by atoms with Crippen molar-refractivity contribution in [3.63, 3.8) is 0 Å². The van der Waals surface area contributed by atoms with E-state index in [2.05, 4.69) is 0 Å². The van der Waals surface area contributed by atoms with E-state index in [1.54, 1.807) is 6.07 Å². The number of hydrogen-bond donors (Lipinski definition) is 4. The Kier molecular flexibility index (Phi) is 6.82. The third-order valence-electron chi connectivity index (χ3n) is 5.25. The van der Waals surface area contributed by atoms with Gasteiger partial charge in [-0.25, -0.2) is 9.59 Å². The van der Waals surface area contributed by atoms with Gasteiger partial charge in [-0.3, -0.25) is 9.11 Å². The molecule has 0 aliphatic rings. The molecule has 4 aromatic rings. The summed E-state index contributed by atoms with van der Waals surface area (Å²) in [4.78, 5) is 24.1. The van der Waals surface area contributed by atoms with Gasteiger partial charge in [0.25, 0.3) is 20.2 Å². The molecule has 14 heteroatoms. The van der Waals surface area contributed by atoms with Crippen LogP contribution in [0.25, 0.3) is 10.8 Å². The van der Waals surface area contributed by atoms with Gasteiger partial charge >= 0.3 is 11.9 Å². The normalized spacial score (nSPS) is 11.7. The summed E-state index contributed by atoms with van der Waals surface area (Å²) in [6, 6.07) is 14.6. The Balaban J connectivity index is 1.97. The summed E-state index contributed by atoms with van der Waals surface area (Å²) in [7, 11) is -9.80. The topological polar surface area (TPSA) is 213 Å². The van der Waals surface area contributed by atoms with Gasteiger partial charge in [-0.1, -0.05) is 12.1 Å². The Morgan fingerprint density at radius 3 is 1.68 bits per heavy atom. The van der Waals surface area contributed by atoms with E-state index in [0.29, 0.717) is 5.69 Å². The summed E-state index contributed by atoms with van der Waals surface area (Å²) in [5.74, 6) is -3.05. The first-order valence-corrected chi connectivity index (χ1v) is 13.3. The highest BCUT2D eigenvalue weighted by molar-refractivity contribution is 7.86. The molecule has 0 atom stereocenters. The molecule has 0 heterocycles. The lowest BCUT2D eigenvalue weighted by Gasteiger charge is -2.15. The molecule has 4 aromatic carbocycles. The quantitative estimate of drug-likeness (QED) is 0.116. The second kappa shape index (κ2) is 9.75. The summed E-state index contributed by atoms with van der Waals surface area (Å²) < 4.78 is 77.7. The summed E-state index contributed by atoms with van der Waals surface area (Å²) in [6.07, 6.45) is 0. The summed E-state index contributed by atoms with van der Waals surface area (Å²) in [5.41, 5.74) is 11.7. The third kappa shape index (κ3) is 5.57. The molecule has 0 saturated heterocycles. The molecule has 0 aliphatic heterocycles. The highest BCUT2D eigenvalue weighted by Crippen LogP contribution is 2.39. The zero-order chi connectivity index (χ0) is 27.8. The molecule has 12 nitrogen and oxygen atoms in total. The number of rotatable bonds is 6. The van der Waals surface area contributed by atoms with E-state index in [9.17, 15) is 35.5 Å². The summed E-state index contributed by atoms with van der Waals surface area (Å²) in [6.45, 7) is 0. The molecule has 0 radical (unpaired) electrons. The first-order chi connectivity index (χ1) is 17.7. The number of esters is 2. The Bertz CT molecular complexity index is 1810. The fourth-order valence-corrected chi connectivity index (χ4v) is 4.52. The SMILES string of the molecule is Nc1ccc(C(=O)Oc2cc(S(=O)(=O)O)cc3cc(S(=O)(=O)O)cc(OC(=O)c4ccccc4N)c23)cc1. The molecule has 0 unspecified atom stereocenters. The van der Waals surface area contributed by atoms with Gasteiger partial charge in [-0.05, 0) is 53.9 Å². The van der Waals surface area contributed by atoms with Crippen LogP contribution in [0.1, 0.15) is 20.7 Å². The highest BCUT2D eigenvalue weighted by Gasteiger charge is 2.25. The van der Waals surface area contributed by atoms with Crippen LogP contribution in [-0.2, 0) is 20.2 Å². The van der Waals surface area contributed by atoms with E-state index in [1.807, 2.05) is 0 Å². The van der Waals surface area contributed by atoms with Crippen molar-refractivity contribution in [1.29, 1.82) is 0 Å². The molecule has 0 aromatic heterocycles. The zero-order valence-electron chi connectivity index (χ0n) is 19.1. The van der Waals surface area contributed by atoms with Crippen molar-refractivity contribution in [2.75, 3.05) is 11.5 Å². The van der Waals surface area contributed by atoms with Crippen LogP contribution in [0.15, 0.2) is 82.6 Å².